The number of aromatic nitrogens is 1. The number of rotatable bonds is 2. The summed E-state index contributed by atoms with van der Waals surface area (Å²) in [5.41, 5.74) is 1.56. The average molecular weight is 315 g/mol. The summed E-state index contributed by atoms with van der Waals surface area (Å²) in [5, 5.41) is 1.90. The Labute approximate surface area is 132 Å². The van der Waals surface area contributed by atoms with Crippen LogP contribution in [-0.2, 0) is 0 Å². The van der Waals surface area contributed by atoms with Crippen molar-refractivity contribution in [3.05, 3.63) is 46.2 Å². The molecule has 1 aliphatic heterocycles. The normalized spacial score (nSPS) is 15.3. The van der Waals surface area contributed by atoms with Gasteiger partial charge in [-0.25, -0.2) is 4.79 Å². The van der Waals surface area contributed by atoms with Gasteiger partial charge in [0.05, 0.1) is 0 Å². The maximum atomic E-state index is 12.1. The van der Waals surface area contributed by atoms with Gasteiger partial charge in [-0.3, -0.25) is 9.36 Å². The highest BCUT2D eigenvalue weighted by Crippen LogP contribution is 2.11. The molecule has 5 nitrogen and oxygen atoms in total. The smallest absolute Gasteiger partial charge is 0.323 e. The zero-order valence-electron chi connectivity index (χ0n) is 12.4. The van der Waals surface area contributed by atoms with E-state index in [0.717, 1.165) is 31.6 Å². The van der Waals surface area contributed by atoms with Crippen molar-refractivity contribution < 1.29 is 9.59 Å². The summed E-state index contributed by atoms with van der Waals surface area (Å²) >= 11 is 1.42. The fraction of sp³-hybridized carbons (Fsp3) is 0.312. The molecule has 1 aromatic carbocycles. The van der Waals surface area contributed by atoms with E-state index >= 15 is 0 Å². The number of urea groups is 1. The molecule has 0 spiro atoms. The van der Waals surface area contributed by atoms with Gasteiger partial charge in [-0.1, -0.05) is 0 Å². The predicted molar refractivity (Wildman–Crippen MR) is 85.4 cm³/mol. The first-order chi connectivity index (χ1) is 10.6. The van der Waals surface area contributed by atoms with Gasteiger partial charge in [0.15, 0.2) is 10.6 Å². The second kappa shape index (κ2) is 6.27. The van der Waals surface area contributed by atoms with E-state index in [4.69, 9.17) is 0 Å². The van der Waals surface area contributed by atoms with Crippen LogP contribution in [0.4, 0.5) is 4.79 Å². The molecule has 0 bridgehead atoms. The summed E-state index contributed by atoms with van der Waals surface area (Å²) in [6, 6.07) is 7.13. The van der Waals surface area contributed by atoms with Crippen molar-refractivity contribution in [3.63, 3.8) is 0 Å². The van der Waals surface area contributed by atoms with E-state index in [9.17, 15) is 9.59 Å². The topological polar surface area (TPSA) is 54.7 Å². The second-order valence-corrected chi connectivity index (χ2v) is 6.12. The predicted octanol–water partition coefficient (Wildman–Crippen LogP) is 2.86. The molecule has 2 amide bonds. The fourth-order valence-corrected chi connectivity index (χ4v) is 3.18. The Morgan fingerprint density at radius 2 is 1.82 bits per heavy atom. The first-order valence-corrected chi connectivity index (χ1v) is 8.14. The number of hydrogen-bond donors (Lipinski definition) is 0. The number of hydrogen-bond acceptors (Lipinski definition) is 3. The number of ketones is 1. The molecule has 114 valence electrons. The maximum Gasteiger partial charge on any atom is 0.346 e. The highest BCUT2D eigenvalue weighted by Gasteiger charge is 2.17. The molecule has 22 heavy (non-hydrogen) atoms. The van der Waals surface area contributed by atoms with Gasteiger partial charge < -0.3 is 4.90 Å². The van der Waals surface area contributed by atoms with Crippen LogP contribution in [0.15, 0.2) is 40.8 Å². The Morgan fingerprint density at radius 3 is 2.45 bits per heavy atom. The quantitative estimate of drug-likeness (QED) is 0.800. The van der Waals surface area contributed by atoms with Crippen LogP contribution in [-0.4, -0.2) is 34.4 Å². The number of Topliss-reactive ketones (excluding diaryl/α,β-unsaturated/α-hetero) is 1. The number of likely N-dealkylation sites (tertiary alicyclic amines) is 1. The molecule has 1 aliphatic rings. The minimum absolute atomic E-state index is 0.0380. The van der Waals surface area contributed by atoms with E-state index in [1.165, 1.54) is 11.3 Å². The standard InChI is InChI=1S/C16H17N3O2S/c1-12(20)13-4-6-14(7-5-13)19-10-11-22-16(19)17-15(21)18-8-2-3-9-18/h4-7,10-11H,2-3,8-9H2,1H3/b17-16-. The fourth-order valence-electron chi connectivity index (χ4n) is 2.47. The van der Waals surface area contributed by atoms with Gasteiger partial charge in [-0.15, -0.1) is 11.3 Å². The minimum atomic E-state index is -0.172. The van der Waals surface area contributed by atoms with Crippen molar-refractivity contribution in [1.29, 1.82) is 0 Å². The van der Waals surface area contributed by atoms with E-state index in [-0.39, 0.29) is 11.8 Å². The van der Waals surface area contributed by atoms with Gasteiger partial charge in [0.2, 0.25) is 0 Å². The molecule has 0 saturated carbocycles. The second-order valence-electron chi connectivity index (χ2n) is 5.25. The van der Waals surface area contributed by atoms with Crippen LogP contribution >= 0.6 is 11.3 Å². The maximum absolute atomic E-state index is 12.1. The molecule has 1 fully saturated rings. The van der Waals surface area contributed by atoms with Crippen LogP contribution in [0.25, 0.3) is 5.69 Å². The van der Waals surface area contributed by atoms with Crippen LogP contribution in [0.1, 0.15) is 30.1 Å². The number of thiazole rings is 1. The summed E-state index contributed by atoms with van der Waals surface area (Å²) in [6.45, 7) is 3.13. The average Bonchev–Trinajstić information content (AvgIpc) is 3.18. The van der Waals surface area contributed by atoms with E-state index in [1.807, 2.05) is 28.3 Å². The first kappa shape index (κ1) is 14.7. The summed E-state index contributed by atoms with van der Waals surface area (Å²) in [7, 11) is 0. The first-order valence-electron chi connectivity index (χ1n) is 7.26. The van der Waals surface area contributed by atoms with Crippen molar-refractivity contribution in [2.45, 2.75) is 19.8 Å². The Morgan fingerprint density at radius 1 is 1.14 bits per heavy atom. The van der Waals surface area contributed by atoms with Crippen LogP contribution < -0.4 is 4.80 Å². The monoisotopic (exact) mass is 315 g/mol. The summed E-state index contributed by atoms with van der Waals surface area (Å²) in [5.74, 6) is 0.0380. The number of carbonyl (C=O) groups excluding carboxylic acids is 2. The molecule has 0 N–H and O–H groups in total. The molecule has 0 unspecified atom stereocenters. The zero-order chi connectivity index (χ0) is 15.5. The number of amides is 2. The minimum Gasteiger partial charge on any atom is -0.323 e. The third-order valence-electron chi connectivity index (χ3n) is 3.71. The molecule has 6 heteroatoms. The third kappa shape index (κ3) is 3.01. The summed E-state index contributed by atoms with van der Waals surface area (Å²) in [6.07, 6.45) is 3.99. The van der Waals surface area contributed by atoms with Gasteiger partial charge in [0.25, 0.3) is 0 Å². The third-order valence-corrected chi connectivity index (χ3v) is 4.47. The summed E-state index contributed by atoms with van der Waals surface area (Å²) < 4.78 is 1.86. The molecular weight excluding hydrogens is 298 g/mol. The molecule has 2 aromatic rings. The van der Waals surface area contributed by atoms with Crippen molar-refractivity contribution in [2.24, 2.45) is 4.99 Å². The lowest BCUT2D eigenvalue weighted by Crippen LogP contribution is -2.27. The lowest BCUT2D eigenvalue weighted by molar-refractivity contribution is 0.101. The number of nitrogens with zero attached hydrogens (tertiary/aromatic N) is 3. The molecule has 3 rings (SSSR count). The molecule has 1 saturated heterocycles. The highest BCUT2D eigenvalue weighted by molar-refractivity contribution is 7.07. The number of carbonyl (C=O) groups is 2. The van der Waals surface area contributed by atoms with Crippen molar-refractivity contribution in [3.8, 4) is 5.69 Å². The van der Waals surface area contributed by atoms with E-state index in [0.29, 0.717) is 10.4 Å². The van der Waals surface area contributed by atoms with Gasteiger partial charge in [0, 0.05) is 35.9 Å². The van der Waals surface area contributed by atoms with E-state index < -0.39 is 0 Å². The van der Waals surface area contributed by atoms with Crippen LogP contribution in [0.5, 0.6) is 0 Å². The van der Waals surface area contributed by atoms with Gasteiger partial charge in [0.1, 0.15) is 0 Å². The van der Waals surface area contributed by atoms with Crippen molar-refractivity contribution in [1.82, 2.24) is 9.47 Å². The lowest BCUT2D eigenvalue weighted by Gasteiger charge is -2.10. The van der Waals surface area contributed by atoms with Gasteiger partial charge in [-0.2, -0.15) is 4.99 Å². The molecule has 0 aliphatic carbocycles. The molecule has 2 heterocycles. The Hall–Kier alpha value is -2.21. The van der Waals surface area contributed by atoms with Crippen LogP contribution in [0.3, 0.4) is 0 Å². The van der Waals surface area contributed by atoms with Crippen molar-refractivity contribution in [2.75, 3.05) is 13.1 Å². The molecule has 0 radical (unpaired) electrons. The Balaban J connectivity index is 1.91. The Bertz CT molecular complexity index is 752. The van der Waals surface area contributed by atoms with Crippen molar-refractivity contribution >= 4 is 23.2 Å². The van der Waals surface area contributed by atoms with Crippen LogP contribution in [0, 0.1) is 0 Å². The number of benzene rings is 1. The summed E-state index contributed by atoms with van der Waals surface area (Å²) in [4.78, 5) is 30.1. The van der Waals surface area contributed by atoms with Crippen LogP contribution in [0.2, 0.25) is 0 Å². The highest BCUT2D eigenvalue weighted by atomic mass is 32.1. The zero-order valence-corrected chi connectivity index (χ0v) is 13.2. The molecule has 1 aromatic heterocycles. The van der Waals surface area contributed by atoms with Gasteiger partial charge >= 0.3 is 6.03 Å². The van der Waals surface area contributed by atoms with E-state index in [1.54, 1.807) is 24.0 Å². The lowest BCUT2D eigenvalue weighted by atomic mass is 10.1. The molecular formula is C16H17N3O2S. The van der Waals surface area contributed by atoms with E-state index in [2.05, 4.69) is 4.99 Å². The van der Waals surface area contributed by atoms with Gasteiger partial charge in [-0.05, 0) is 44.0 Å². The Kier molecular flexibility index (Phi) is 4.20. The largest absolute Gasteiger partial charge is 0.346 e. The SMILES string of the molecule is CC(=O)c1ccc(-n2ccs/c2=N\C(=O)N2CCCC2)cc1. The molecule has 0 atom stereocenters.